The minimum absolute atomic E-state index is 0.206. The number of methoxy groups -OCH3 is 1. The summed E-state index contributed by atoms with van der Waals surface area (Å²) in [6.07, 6.45) is 2.33. The van der Waals surface area contributed by atoms with Gasteiger partial charge in [0.1, 0.15) is 17.2 Å². The van der Waals surface area contributed by atoms with Crippen molar-refractivity contribution in [2.75, 3.05) is 20.2 Å². The highest BCUT2D eigenvalue weighted by atomic mass is 16.5. The minimum Gasteiger partial charge on any atom is -0.497 e. The van der Waals surface area contributed by atoms with Gasteiger partial charge in [0.25, 0.3) is 0 Å². The highest BCUT2D eigenvalue weighted by Gasteiger charge is 2.25. The number of hydrogen-bond acceptors (Lipinski definition) is 5. The summed E-state index contributed by atoms with van der Waals surface area (Å²) in [7, 11) is 1.67. The second-order valence-corrected chi connectivity index (χ2v) is 9.46. The Morgan fingerprint density at radius 3 is 2.20 bits per heavy atom. The third-order valence-electron chi connectivity index (χ3n) is 6.69. The van der Waals surface area contributed by atoms with Gasteiger partial charge in [0.05, 0.1) is 25.0 Å². The van der Waals surface area contributed by atoms with Crippen molar-refractivity contribution in [2.24, 2.45) is 0 Å². The van der Waals surface area contributed by atoms with Gasteiger partial charge in [-0.05, 0) is 56.9 Å². The molecule has 0 amide bonds. The second-order valence-electron chi connectivity index (χ2n) is 9.46. The summed E-state index contributed by atoms with van der Waals surface area (Å²) in [6.45, 7) is 13.3. The van der Waals surface area contributed by atoms with Gasteiger partial charge < -0.3 is 14.2 Å². The molecule has 35 heavy (non-hydrogen) atoms. The van der Waals surface area contributed by atoms with E-state index in [9.17, 15) is 0 Å². The van der Waals surface area contributed by atoms with E-state index in [2.05, 4.69) is 63.8 Å². The number of aryl methyl sites for hydroxylation is 3. The van der Waals surface area contributed by atoms with Gasteiger partial charge in [-0.2, -0.15) is 0 Å². The SMILES string of the molecule is CCc1cccc(CC)c1-c1cc(Oc2cccc(OC)c2)c(CN2C[C@@H](C)O[C@H](C)C2)c(C)n1. The van der Waals surface area contributed by atoms with Gasteiger partial charge in [0.15, 0.2) is 0 Å². The monoisotopic (exact) mass is 474 g/mol. The second kappa shape index (κ2) is 11.2. The third-order valence-corrected chi connectivity index (χ3v) is 6.69. The van der Waals surface area contributed by atoms with Crippen molar-refractivity contribution in [1.29, 1.82) is 0 Å². The summed E-state index contributed by atoms with van der Waals surface area (Å²) >= 11 is 0. The number of pyridine rings is 1. The Hall–Kier alpha value is -2.89. The van der Waals surface area contributed by atoms with Crippen LogP contribution in [-0.4, -0.2) is 42.3 Å². The van der Waals surface area contributed by atoms with Crippen LogP contribution in [0.25, 0.3) is 11.3 Å². The molecule has 1 aliphatic rings. The van der Waals surface area contributed by atoms with Gasteiger partial charge in [-0.15, -0.1) is 0 Å². The first kappa shape index (κ1) is 25.2. The van der Waals surface area contributed by atoms with Gasteiger partial charge in [0.2, 0.25) is 0 Å². The first-order valence-electron chi connectivity index (χ1n) is 12.7. The third kappa shape index (κ3) is 5.85. The summed E-state index contributed by atoms with van der Waals surface area (Å²) in [5.74, 6) is 2.38. The zero-order valence-corrected chi connectivity index (χ0v) is 21.9. The maximum absolute atomic E-state index is 6.56. The van der Waals surface area contributed by atoms with Crippen LogP contribution in [0.4, 0.5) is 0 Å². The first-order chi connectivity index (χ1) is 16.9. The van der Waals surface area contributed by atoms with Gasteiger partial charge in [-0.25, -0.2) is 0 Å². The summed E-state index contributed by atoms with van der Waals surface area (Å²) in [5, 5.41) is 0. The number of rotatable bonds is 8. The van der Waals surface area contributed by atoms with Crippen LogP contribution in [0.1, 0.15) is 50.1 Å². The van der Waals surface area contributed by atoms with E-state index in [1.54, 1.807) is 7.11 Å². The molecule has 3 aromatic rings. The van der Waals surface area contributed by atoms with Gasteiger partial charge in [0, 0.05) is 48.6 Å². The zero-order chi connectivity index (χ0) is 24.9. The summed E-state index contributed by atoms with van der Waals surface area (Å²) < 4.78 is 18.0. The van der Waals surface area contributed by atoms with E-state index in [-0.39, 0.29) is 12.2 Å². The topological polar surface area (TPSA) is 43.8 Å². The molecule has 5 heteroatoms. The van der Waals surface area contributed by atoms with Crippen LogP contribution >= 0.6 is 0 Å². The highest BCUT2D eigenvalue weighted by Crippen LogP contribution is 2.36. The van der Waals surface area contributed by atoms with Crippen LogP contribution in [0.3, 0.4) is 0 Å². The van der Waals surface area contributed by atoms with E-state index in [0.29, 0.717) is 0 Å². The molecule has 0 bridgehead atoms. The molecule has 1 saturated heterocycles. The first-order valence-corrected chi connectivity index (χ1v) is 12.7. The van der Waals surface area contributed by atoms with E-state index in [0.717, 1.165) is 66.7 Å². The number of ether oxygens (including phenoxy) is 3. The molecule has 186 valence electrons. The molecule has 2 atom stereocenters. The lowest BCUT2D eigenvalue weighted by Crippen LogP contribution is -2.45. The number of nitrogens with zero attached hydrogens (tertiary/aromatic N) is 2. The van der Waals surface area contributed by atoms with Crippen molar-refractivity contribution in [3.63, 3.8) is 0 Å². The van der Waals surface area contributed by atoms with E-state index < -0.39 is 0 Å². The summed E-state index contributed by atoms with van der Waals surface area (Å²) in [6, 6.07) is 16.5. The van der Waals surface area contributed by atoms with Crippen LogP contribution in [-0.2, 0) is 24.1 Å². The lowest BCUT2D eigenvalue weighted by atomic mass is 9.94. The molecule has 2 heterocycles. The number of aromatic nitrogens is 1. The average Bonchev–Trinajstić information content (AvgIpc) is 2.84. The Bertz CT molecular complexity index is 1130. The van der Waals surface area contributed by atoms with Crippen molar-refractivity contribution in [1.82, 2.24) is 9.88 Å². The van der Waals surface area contributed by atoms with E-state index >= 15 is 0 Å². The molecule has 0 aliphatic carbocycles. The van der Waals surface area contributed by atoms with Crippen LogP contribution < -0.4 is 9.47 Å². The minimum atomic E-state index is 0.206. The Morgan fingerprint density at radius 2 is 1.57 bits per heavy atom. The van der Waals surface area contributed by atoms with Crippen molar-refractivity contribution in [3.05, 3.63) is 70.9 Å². The van der Waals surface area contributed by atoms with E-state index in [1.807, 2.05) is 24.3 Å². The molecule has 1 aromatic heterocycles. The lowest BCUT2D eigenvalue weighted by molar-refractivity contribution is -0.0706. The highest BCUT2D eigenvalue weighted by molar-refractivity contribution is 5.70. The fourth-order valence-electron chi connectivity index (χ4n) is 5.08. The molecular formula is C30H38N2O3. The molecular weight excluding hydrogens is 436 g/mol. The number of benzene rings is 2. The quantitative estimate of drug-likeness (QED) is 0.368. The van der Waals surface area contributed by atoms with Crippen LogP contribution in [0, 0.1) is 6.92 Å². The molecule has 0 spiro atoms. The van der Waals surface area contributed by atoms with Crippen molar-refractivity contribution < 1.29 is 14.2 Å². The summed E-state index contributed by atoms with van der Waals surface area (Å²) in [4.78, 5) is 7.58. The Morgan fingerprint density at radius 1 is 0.943 bits per heavy atom. The van der Waals surface area contributed by atoms with Crippen molar-refractivity contribution in [3.8, 4) is 28.5 Å². The molecule has 2 aromatic carbocycles. The Labute approximate surface area is 210 Å². The standard InChI is InChI=1S/C30H38N2O3/c1-7-23-11-9-12-24(8-2)30(23)28-16-29(35-26-14-10-13-25(15-26)33-6)27(22(5)31-28)19-32-17-20(3)34-21(4)18-32/h9-16,20-21H,7-8,17-19H2,1-6H3/t20-,21-/m1/s1. The molecule has 0 radical (unpaired) electrons. The Balaban J connectivity index is 1.80. The smallest absolute Gasteiger partial charge is 0.135 e. The molecule has 4 rings (SSSR count). The van der Waals surface area contributed by atoms with Crippen LogP contribution in [0.5, 0.6) is 17.2 Å². The predicted octanol–water partition coefficient (Wildman–Crippen LogP) is 6.59. The molecule has 0 saturated carbocycles. The lowest BCUT2D eigenvalue weighted by Gasteiger charge is -2.35. The molecule has 1 aliphatic heterocycles. The fourth-order valence-corrected chi connectivity index (χ4v) is 5.08. The maximum Gasteiger partial charge on any atom is 0.135 e. The molecule has 1 fully saturated rings. The van der Waals surface area contributed by atoms with Crippen molar-refractivity contribution >= 4 is 0 Å². The van der Waals surface area contributed by atoms with Crippen molar-refractivity contribution in [2.45, 2.75) is 66.2 Å². The average molecular weight is 475 g/mol. The van der Waals surface area contributed by atoms with Crippen LogP contribution in [0.15, 0.2) is 48.5 Å². The number of morpholine rings is 1. The fraction of sp³-hybridized carbons (Fsp3) is 0.433. The Kier molecular flexibility index (Phi) is 8.09. The maximum atomic E-state index is 6.56. The zero-order valence-electron chi connectivity index (χ0n) is 21.9. The van der Waals surface area contributed by atoms with Gasteiger partial charge >= 0.3 is 0 Å². The largest absolute Gasteiger partial charge is 0.497 e. The van der Waals surface area contributed by atoms with E-state index in [4.69, 9.17) is 19.2 Å². The molecule has 0 N–H and O–H groups in total. The normalized spacial score (nSPS) is 18.5. The van der Waals surface area contributed by atoms with E-state index in [1.165, 1.54) is 16.7 Å². The van der Waals surface area contributed by atoms with Gasteiger partial charge in [-0.3, -0.25) is 9.88 Å². The summed E-state index contributed by atoms with van der Waals surface area (Å²) in [5.41, 5.74) is 6.95. The molecule has 5 nitrogen and oxygen atoms in total. The predicted molar refractivity (Wildman–Crippen MR) is 142 cm³/mol. The molecule has 0 unspecified atom stereocenters. The number of hydrogen-bond donors (Lipinski definition) is 0. The van der Waals surface area contributed by atoms with Gasteiger partial charge in [-0.1, -0.05) is 38.1 Å². The van der Waals surface area contributed by atoms with Crippen LogP contribution in [0.2, 0.25) is 0 Å².